The number of halogens is 2. The lowest BCUT2D eigenvalue weighted by Crippen LogP contribution is -2.17. The lowest BCUT2D eigenvalue weighted by atomic mass is 10.1. The third kappa shape index (κ3) is 3.27. The van der Waals surface area contributed by atoms with E-state index < -0.39 is 17.5 Å². The Labute approximate surface area is 164 Å². The molecule has 1 aromatic heterocycles. The lowest BCUT2D eigenvalue weighted by Gasteiger charge is -2.12. The quantitative estimate of drug-likeness (QED) is 0.707. The third-order valence-corrected chi connectivity index (χ3v) is 4.62. The number of primary amides is 1. The summed E-state index contributed by atoms with van der Waals surface area (Å²) in [5, 5.41) is 10.5. The van der Waals surface area contributed by atoms with Crippen molar-refractivity contribution in [2.45, 2.75) is 6.54 Å². The number of nitrogens with one attached hydrogen (secondary N) is 1. The predicted octanol–water partition coefficient (Wildman–Crippen LogP) is 2.85. The molecule has 0 saturated heterocycles. The minimum Gasteiger partial charge on any atom is -0.364 e. The molecule has 0 saturated carbocycles. The van der Waals surface area contributed by atoms with Crippen molar-refractivity contribution in [1.29, 1.82) is 0 Å². The first kappa shape index (κ1) is 18.5. The van der Waals surface area contributed by atoms with Gasteiger partial charge in [0.05, 0.1) is 11.3 Å². The van der Waals surface area contributed by atoms with Gasteiger partial charge in [-0.25, -0.2) is 8.78 Å². The summed E-state index contributed by atoms with van der Waals surface area (Å²) in [5.41, 5.74) is 6.83. The Hall–Kier alpha value is -3.88. The molecule has 0 unspecified atom stereocenters. The second-order valence-electron chi connectivity index (χ2n) is 6.61. The number of hydrogen-bond donors (Lipinski definition) is 2. The number of benzene rings is 2. The van der Waals surface area contributed by atoms with E-state index in [4.69, 9.17) is 5.73 Å². The van der Waals surface area contributed by atoms with Crippen LogP contribution in [0.1, 0.15) is 26.4 Å². The number of carbonyl (C=O) groups is 2. The summed E-state index contributed by atoms with van der Waals surface area (Å²) >= 11 is 0. The molecule has 2 heterocycles. The molecule has 146 valence electrons. The van der Waals surface area contributed by atoms with Crippen molar-refractivity contribution in [3.05, 3.63) is 70.9 Å². The van der Waals surface area contributed by atoms with Crippen molar-refractivity contribution < 1.29 is 18.4 Å². The van der Waals surface area contributed by atoms with Gasteiger partial charge in [0.15, 0.2) is 5.69 Å². The van der Waals surface area contributed by atoms with E-state index in [2.05, 4.69) is 15.5 Å². The first-order chi connectivity index (χ1) is 13.8. The molecule has 3 aromatic rings. The van der Waals surface area contributed by atoms with Crippen LogP contribution in [-0.2, 0) is 6.54 Å². The van der Waals surface area contributed by atoms with E-state index in [1.165, 1.54) is 12.1 Å². The normalized spacial score (nSPS) is 12.8. The van der Waals surface area contributed by atoms with Gasteiger partial charge >= 0.3 is 0 Å². The molecule has 7 nitrogen and oxygen atoms in total. The van der Waals surface area contributed by atoms with Gasteiger partial charge in [-0.1, -0.05) is 6.07 Å². The molecular weight excluding hydrogens is 380 g/mol. The maximum atomic E-state index is 14.1. The number of nitrogens with zero attached hydrogens (tertiary/aromatic N) is 3. The number of amides is 2. The fourth-order valence-corrected chi connectivity index (χ4v) is 3.23. The van der Waals surface area contributed by atoms with Gasteiger partial charge in [-0.15, -0.1) is 10.2 Å². The number of fused-ring (bicyclic) bond motifs is 1. The highest BCUT2D eigenvalue weighted by Crippen LogP contribution is 2.30. The molecule has 0 spiro atoms. The summed E-state index contributed by atoms with van der Waals surface area (Å²) in [4.78, 5) is 25.4. The SMILES string of the molecule is CN1Cc2cc(Nc3cc(-c4c(F)cccc4F)nnc3C(N)=O)ccc2C1=O. The molecule has 29 heavy (non-hydrogen) atoms. The van der Waals surface area contributed by atoms with Crippen molar-refractivity contribution in [1.82, 2.24) is 15.1 Å². The smallest absolute Gasteiger partial charge is 0.271 e. The molecule has 0 fully saturated rings. The molecule has 0 atom stereocenters. The number of aromatic nitrogens is 2. The fraction of sp³-hybridized carbons (Fsp3) is 0.100. The first-order valence-electron chi connectivity index (χ1n) is 8.62. The number of rotatable bonds is 4. The Balaban J connectivity index is 1.76. The second kappa shape index (κ2) is 6.93. The topological polar surface area (TPSA) is 101 Å². The number of nitrogens with two attached hydrogens (primary N) is 1. The van der Waals surface area contributed by atoms with Gasteiger partial charge in [0.25, 0.3) is 11.8 Å². The van der Waals surface area contributed by atoms with Gasteiger partial charge in [0.1, 0.15) is 17.3 Å². The highest BCUT2D eigenvalue weighted by atomic mass is 19.1. The summed E-state index contributed by atoms with van der Waals surface area (Å²) in [5.74, 6) is -2.55. The molecule has 0 radical (unpaired) electrons. The van der Waals surface area contributed by atoms with Crippen LogP contribution in [0.15, 0.2) is 42.5 Å². The molecule has 2 aromatic carbocycles. The maximum absolute atomic E-state index is 14.1. The average Bonchev–Trinajstić information content (AvgIpc) is 2.95. The molecule has 4 rings (SSSR count). The molecule has 0 aliphatic carbocycles. The van der Waals surface area contributed by atoms with Crippen LogP contribution in [0, 0.1) is 11.6 Å². The van der Waals surface area contributed by atoms with Gasteiger partial charge in [0, 0.05) is 24.8 Å². The Bertz CT molecular complexity index is 1150. The molecule has 2 amide bonds. The van der Waals surface area contributed by atoms with E-state index in [0.717, 1.165) is 17.7 Å². The second-order valence-corrected chi connectivity index (χ2v) is 6.61. The molecule has 1 aliphatic heterocycles. The van der Waals surface area contributed by atoms with Crippen molar-refractivity contribution >= 4 is 23.2 Å². The standard InChI is InChI=1S/C20H15F2N5O2/c1-27-9-10-7-11(5-6-12(10)20(27)29)24-16-8-15(25-26-18(16)19(23)28)17-13(21)3-2-4-14(17)22/h2-8H,9H2,1H3,(H2,23,28)(H,24,25). The minimum absolute atomic E-state index is 0.0766. The van der Waals surface area contributed by atoms with Gasteiger partial charge < -0.3 is 16.0 Å². The minimum atomic E-state index is -0.850. The highest BCUT2D eigenvalue weighted by molar-refractivity contribution is 5.99. The summed E-state index contributed by atoms with van der Waals surface area (Å²) in [6.45, 7) is 0.451. The molecule has 0 bridgehead atoms. The van der Waals surface area contributed by atoms with Crippen molar-refractivity contribution in [2.75, 3.05) is 12.4 Å². The van der Waals surface area contributed by atoms with Crippen LogP contribution < -0.4 is 11.1 Å². The summed E-state index contributed by atoms with van der Waals surface area (Å²) in [6, 6.07) is 9.82. The van der Waals surface area contributed by atoms with Crippen molar-refractivity contribution in [2.24, 2.45) is 5.73 Å². The van der Waals surface area contributed by atoms with Gasteiger partial charge in [-0.2, -0.15) is 0 Å². The summed E-state index contributed by atoms with van der Waals surface area (Å²) in [7, 11) is 1.70. The molecule has 9 heteroatoms. The van der Waals surface area contributed by atoms with Crippen molar-refractivity contribution in [3.8, 4) is 11.3 Å². The zero-order valence-electron chi connectivity index (χ0n) is 15.2. The van der Waals surface area contributed by atoms with E-state index in [9.17, 15) is 18.4 Å². The first-order valence-corrected chi connectivity index (χ1v) is 8.62. The fourth-order valence-electron chi connectivity index (χ4n) is 3.23. The van der Waals surface area contributed by atoms with Crippen LogP contribution in [0.2, 0.25) is 0 Å². The van der Waals surface area contributed by atoms with Crippen LogP contribution in [0.3, 0.4) is 0 Å². The zero-order chi connectivity index (χ0) is 20.7. The number of hydrogen-bond acceptors (Lipinski definition) is 5. The summed E-state index contributed by atoms with van der Waals surface area (Å²) < 4.78 is 28.2. The number of anilines is 2. The van der Waals surface area contributed by atoms with E-state index in [1.807, 2.05) is 0 Å². The molecule has 3 N–H and O–H groups in total. The molecule has 1 aliphatic rings. The third-order valence-electron chi connectivity index (χ3n) is 4.62. The Morgan fingerprint density at radius 1 is 1.14 bits per heavy atom. The Morgan fingerprint density at radius 2 is 1.86 bits per heavy atom. The van der Waals surface area contributed by atoms with E-state index in [1.54, 1.807) is 30.1 Å². The van der Waals surface area contributed by atoms with Crippen LogP contribution in [-0.4, -0.2) is 34.0 Å². The lowest BCUT2D eigenvalue weighted by molar-refractivity contribution is 0.0816. The summed E-state index contributed by atoms with van der Waals surface area (Å²) in [6.07, 6.45) is 0. The Kier molecular flexibility index (Phi) is 4.42. The Morgan fingerprint density at radius 3 is 2.55 bits per heavy atom. The van der Waals surface area contributed by atoms with E-state index in [0.29, 0.717) is 17.8 Å². The molecular formula is C20H15F2N5O2. The van der Waals surface area contributed by atoms with E-state index >= 15 is 0 Å². The van der Waals surface area contributed by atoms with Crippen LogP contribution >= 0.6 is 0 Å². The zero-order valence-corrected chi connectivity index (χ0v) is 15.2. The van der Waals surface area contributed by atoms with Crippen LogP contribution in [0.4, 0.5) is 20.2 Å². The van der Waals surface area contributed by atoms with Gasteiger partial charge in [0.2, 0.25) is 0 Å². The van der Waals surface area contributed by atoms with Crippen LogP contribution in [0.5, 0.6) is 0 Å². The predicted molar refractivity (Wildman–Crippen MR) is 101 cm³/mol. The van der Waals surface area contributed by atoms with Crippen LogP contribution in [0.25, 0.3) is 11.3 Å². The average molecular weight is 395 g/mol. The van der Waals surface area contributed by atoms with E-state index in [-0.39, 0.29) is 28.5 Å². The van der Waals surface area contributed by atoms with Crippen molar-refractivity contribution in [3.63, 3.8) is 0 Å². The highest BCUT2D eigenvalue weighted by Gasteiger charge is 2.24. The van der Waals surface area contributed by atoms with Gasteiger partial charge in [-0.05, 0) is 42.0 Å². The van der Waals surface area contributed by atoms with Gasteiger partial charge in [-0.3, -0.25) is 9.59 Å². The number of carbonyl (C=O) groups excluding carboxylic acids is 2. The monoisotopic (exact) mass is 395 g/mol. The largest absolute Gasteiger partial charge is 0.364 e. The maximum Gasteiger partial charge on any atom is 0.271 e.